The number of carbonyl (C=O) groups excluding carboxylic acids is 1. The van der Waals surface area contributed by atoms with Gasteiger partial charge >= 0.3 is 0 Å². The predicted molar refractivity (Wildman–Crippen MR) is 112 cm³/mol. The molecule has 0 saturated carbocycles. The Morgan fingerprint density at radius 3 is 2.69 bits per heavy atom. The molecular weight excluding hydrogens is 390 g/mol. The number of amidine groups is 1. The quantitative estimate of drug-likeness (QED) is 0.620. The average Bonchev–Trinajstić information content (AvgIpc) is 3.35. The lowest BCUT2D eigenvalue weighted by atomic mass is 10.1. The Balaban J connectivity index is 1.72. The van der Waals surface area contributed by atoms with E-state index in [1.54, 1.807) is 10.8 Å². The number of hydrogen-bond acceptors (Lipinski definition) is 8. The molecule has 0 spiro atoms. The van der Waals surface area contributed by atoms with Gasteiger partial charge in [-0.3, -0.25) is 10.2 Å². The van der Waals surface area contributed by atoms with Crippen LogP contribution in [0.3, 0.4) is 0 Å². The summed E-state index contributed by atoms with van der Waals surface area (Å²) in [6.07, 6.45) is 4.42. The van der Waals surface area contributed by atoms with Crippen molar-refractivity contribution in [2.24, 2.45) is 5.92 Å². The lowest BCUT2D eigenvalue weighted by molar-refractivity contribution is -0.113. The second kappa shape index (κ2) is 7.55. The molecule has 2 aromatic heterocycles. The number of nitrogens with one attached hydrogen (secondary N) is 1. The molecule has 29 heavy (non-hydrogen) atoms. The van der Waals surface area contributed by atoms with Gasteiger partial charge in [-0.2, -0.15) is 5.10 Å². The number of thioether (sulfide) groups is 1. The summed E-state index contributed by atoms with van der Waals surface area (Å²) >= 11 is 1.03. The highest BCUT2D eigenvalue weighted by Gasteiger charge is 2.37. The van der Waals surface area contributed by atoms with E-state index in [2.05, 4.69) is 28.8 Å². The van der Waals surface area contributed by atoms with E-state index in [1.807, 2.05) is 36.5 Å². The van der Waals surface area contributed by atoms with Gasteiger partial charge in [0.25, 0.3) is 5.91 Å². The topological polar surface area (TPSA) is 127 Å². The van der Waals surface area contributed by atoms with Gasteiger partial charge in [-0.25, -0.2) is 14.2 Å². The first-order valence-corrected chi connectivity index (χ1v) is 9.80. The standard InChI is InChI=1S/C19H19N7O2S/c1-11(2)8-14-12(10-25(22-14)13-6-4-3-5-7-13)9-15-18(27)26(19(21)29-15)17-16(20)23-28-24-17/h3-7,9-11,21H,8H2,1-2H3,(H2,20,23)/b15-9+,21-19?. The van der Waals surface area contributed by atoms with Gasteiger partial charge in [0.15, 0.2) is 5.17 Å². The highest BCUT2D eigenvalue weighted by molar-refractivity contribution is 8.19. The maximum Gasteiger partial charge on any atom is 0.272 e. The minimum atomic E-state index is -0.398. The van der Waals surface area contributed by atoms with Crippen LogP contribution >= 0.6 is 11.8 Å². The molecule has 0 radical (unpaired) electrons. The van der Waals surface area contributed by atoms with Gasteiger partial charge in [-0.05, 0) is 52.6 Å². The van der Waals surface area contributed by atoms with Crippen LogP contribution in [0.2, 0.25) is 0 Å². The number of anilines is 2. The third-order valence-electron chi connectivity index (χ3n) is 4.26. The molecule has 1 aliphatic rings. The third-order valence-corrected chi connectivity index (χ3v) is 5.15. The number of amides is 1. The number of nitrogens with two attached hydrogens (primary N) is 1. The van der Waals surface area contributed by atoms with Gasteiger partial charge < -0.3 is 5.73 Å². The molecule has 1 amide bonds. The molecule has 3 N–H and O–H groups in total. The van der Waals surface area contributed by atoms with Crippen LogP contribution in [0.15, 0.2) is 46.1 Å². The first-order chi connectivity index (χ1) is 13.9. The number of hydrogen-bond donors (Lipinski definition) is 2. The van der Waals surface area contributed by atoms with Gasteiger partial charge in [0, 0.05) is 11.8 Å². The van der Waals surface area contributed by atoms with Crippen molar-refractivity contribution in [1.82, 2.24) is 20.1 Å². The Bertz CT molecular complexity index is 1100. The molecule has 4 rings (SSSR count). The zero-order chi connectivity index (χ0) is 20.5. The van der Waals surface area contributed by atoms with Gasteiger partial charge in [0.2, 0.25) is 11.6 Å². The van der Waals surface area contributed by atoms with Crippen molar-refractivity contribution in [3.05, 3.63) is 52.7 Å². The summed E-state index contributed by atoms with van der Waals surface area (Å²) in [6.45, 7) is 4.23. The lowest BCUT2D eigenvalue weighted by Crippen LogP contribution is -2.29. The highest BCUT2D eigenvalue weighted by Crippen LogP contribution is 2.36. The molecule has 0 unspecified atom stereocenters. The van der Waals surface area contributed by atoms with E-state index in [0.717, 1.165) is 40.0 Å². The molecule has 3 heterocycles. The first-order valence-electron chi connectivity index (χ1n) is 8.98. The number of para-hydroxylation sites is 1. The SMILES string of the molecule is CC(C)Cc1nn(-c2ccccc2)cc1/C=C1/SC(=N)N(c2nonc2N)C1=O. The van der Waals surface area contributed by atoms with E-state index in [0.29, 0.717) is 10.8 Å². The van der Waals surface area contributed by atoms with Gasteiger partial charge in [-0.15, -0.1) is 0 Å². The molecule has 0 bridgehead atoms. The normalized spacial score (nSPS) is 15.8. The Kier molecular flexibility index (Phi) is 4.93. The van der Waals surface area contributed by atoms with Gasteiger partial charge in [0.1, 0.15) is 0 Å². The Morgan fingerprint density at radius 2 is 2.03 bits per heavy atom. The minimum absolute atomic E-state index is 0.00971. The number of carbonyl (C=O) groups is 1. The summed E-state index contributed by atoms with van der Waals surface area (Å²) in [4.78, 5) is 14.4. The van der Waals surface area contributed by atoms with Gasteiger partial charge in [0.05, 0.1) is 16.3 Å². The zero-order valence-electron chi connectivity index (χ0n) is 15.9. The van der Waals surface area contributed by atoms with E-state index in [1.165, 1.54) is 0 Å². The van der Waals surface area contributed by atoms with Crippen LogP contribution in [0.5, 0.6) is 0 Å². The fourth-order valence-electron chi connectivity index (χ4n) is 2.97. The average molecular weight is 409 g/mol. The maximum absolute atomic E-state index is 12.9. The smallest absolute Gasteiger partial charge is 0.272 e. The maximum atomic E-state index is 12.9. The second-order valence-corrected chi connectivity index (χ2v) is 7.97. The molecule has 3 aromatic rings. The Hall–Kier alpha value is -3.40. The van der Waals surface area contributed by atoms with Crippen LogP contribution in [0.1, 0.15) is 25.1 Å². The van der Waals surface area contributed by atoms with Crippen LogP contribution in [-0.2, 0) is 11.2 Å². The van der Waals surface area contributed by atoms with Crippen LogP contribution < -0.4 is 10.6 Å². The number of nitrogens with zero attached hydrogens (tertiary/aromatic N) is 5. The summed E-state index contributed by atoms with van der Waals surface area (Å²) in [5.41, 5.74) is 8.34. The van der Waals surface area contributed by atoms with Crippen LogP contribution in [0.25, 0.3) is 11.8 Å². The summed E-state index contributed by atoms with van der Waals surface area (Å²) in [7, 11) is 0. The van der Waals surface area contributed by atoms with Crippen molar-refractivity contribution in [3.63, 3.8) is 0 Å². The molecule has 1 saturated heterocycles. The van der Waals surface area contributed by atoms with Gasteiger partial charge in [-0.1, -0.05) is 32.0 Å². The van der Waals surface area contributed by atoms with Crippen molar-refractivity contribution < 1.29 is 9.42 Å². The third kappa shape index (κ3) is 3.66. The van der Waals surface area contributed by atoms with Crippen molar-refractivity contribution >= 4 is 40.5 Å². The van der Waals surface area contributed by atoms with Crippen molar-refractivity contribution in [2.75, 3.05) is 10.6 Å². The summed E-state index contributed by atoms with van der Waals surface area (Å²) in [5, 5.41) is 20.0. The van der Waals surface area contributed by atoms with E-state index in [-0.39, 0.29) is 16.8 Å². The largest absolute Gasteiger partial charge is 0.378 e. The first kappa shape index (κ1) is 18.9. The van der Waals surface area contributed by atoms with Crippen molar-refractivity contribution in [1.29, 1.82) is 5.41 Å². The summed E-state index contributed by atoms with van der Waals surface area (Å²) in [6, 6.07) is 9.78. The van der Waals surface area contributed by atoms with Crippen LogP contribution in [0, 0.1) is 11.3 Å². The molecule has 1 aromatic carbocycles. The molecule has 10 heteroatoms. The lowest BCUT2D eigenvalue weighted by Gasteiger charge is -2.09. The fraction of sp³-hybridized carbons (Fsp3) is 0.211. The second-order valence-electron chi connectivity index (χ2n) is 6.94. The molecule has 148 valence electrons. The van der Waals surface area contributed by atoms with E-state index < -0.39 is 5.91 Å². The Labute approximate surface area is 171 Å². The van der Waals surface area contributed by atoms with Crippen molar-refractivity contribution in [2.45, 2.75) is 20.3 Å². The zero-order valence-corrected chi connectivity index (χ0v) is 16.7. The summed E-state index contributed by atoms with van der Waals surface area (Å²) in [5.74, 6) is -0.0139. The Morgan fingerprint density at radius 1 is 1.28 bits per heavy atom. The van der Waals surface area contributed by atoms with Crippen molar-refractivity contribution in [3.8, 4) is 5.69 Å². The van der Waals surface area contributed by atoms with Crippen LogP contribution in [0.4, 0.5) is 11.6 Å². The van der Waals surface area contributed by atoms with E-state index in [4.69, 9.17) is 16.2 Å². The molecule has 9 nitrogen and oxygen atoms in total. The predicted octanol–water partition coefficient (Wildman–Crippen LogP) is 3.09. The molecule has 0 atom stereocenters. The molecule has 0 aliphatic carbocycles. The minimum Gasteiger partial charge on any atom is -0.378 e. The monoisotopic (exact) mass is 409 g/mol. The number of benzene rings is 1. The molecule has 1 fully saturated rings. The molecular formula is C19H19N7O2S. The highest BCUT2D eigenvalue weighted by atomic mass is 32.2. The number of nitrogen functional groups attached to an aromatic ring is 1. The summed E-state index contributed by atoms with van der Waals surface area (Å²) < 4.78 is 6.37. The van der Waals surface area contributed by atoms with E-state index >= 15 is 0 Å². The number of rotatable bonds is 5. The van der Waals surface area contributed by atoms with Crippen LogP contribution in [-0.4, -0.2) is 31.2 Å². The number of aromatic nitrogens is 4. The van der Waals surface area contributed by atoms with E-state index in [9.17, 15) is 4.79 Å². The fourth-order valence-corrected chi connectivity index (χ4v) is 3.80. The molecule has 1 aliphatic heterocycles.